The zero-order chi connectivity index (χ0) is 29.5. The fourth-order valence-corrected chi connectivity index (χ4v) is 6.11. The van der Waals surface area contributed by atoms with Crippen molar-refractivity contribution in [1.82, 2.24) is 30.9 Å². The van der Waals surface area contributed by atoms with Crippen LogP contribution in [0.1, 0.15) is 30.1 Å². The van der Waals surface area contributed by atoms with Gasteiger partial charge in [0.1, 0.15) is 16.0 Å². The SMILES string of the molecule is CCN1C(=O)[C@@H](CNc2ccc3cc(C(=O)NCCN4CCCC4)ccc3c2)S/C1=C(/N)C(=O)NN(C)C(=S)NC. The van der Waals surface area contributed by atoms with Crippen LogP contribution in [0.5, 0.6) is 0 Å². The van der Waals surface area contributed by atoms with E-state index in [4.69, 9.17) is 18.0 Å². The zero-order valence-corrected chi connectivity index (χ0v) is 25.3. The smallest absolute Gasteiger partial charge is 0.288 e. The number of nitrogens with two attached hydrogens (primary N) is 1. The molecule has 2 saturated heterocycles. The predicted molar refractivity (Wildman–Crippen MR) is 168 cm³/mol. The molecule has 0 spiro atoms. The molecule has 1 atom stereocenters. The molecule has 2 aliphatic rings. The van der Waals surface area contributed by atoms with Gasteiger partial charge in [-0.1, -0.05) is 23.9 Å². The number of nitrogens with one attached hydrogen (secondary N) is 4. The minimum atomic E-state index is -0.540. The van der Waals surface area contributed by atoms with Gasteiger partial charge in [0.2, 0.25) is 5.91 Å². The van der Waals surface area contributed by atoms with Crippen molar-refractivity contribution in [2.75, 3.05) is 58.7 Å². The zero-order valence-electron chi connectivity index (χ0n) is 23.7. The summed E-state index contributed by atoms with van der Waals surface area (Å²) < 4.78 is 0. The first-order valence-electron chi connectivity index (χ1n) is 13.7. The van der Waals surface area contributed by atoms with E-state index in [0.29, 0.717) is 35.3 Å². The number of likely N-dealkylation sites (tertiary alicyclic amines) is 1. The van der Waals surface area contributed by atoms with E-state index in [2.05, 4.69) is 26.3 Å². The molecule has 0 aliphatic carbocycles. The van der Waals surface area contributed by atoms with Crippen LogP contribution in [-0.4, -0.2) is 96.3 Å². The van der Waals surface area contributed by atoms with E-state index in [1.807, 2.05) is 43.3 Å². The van der Waals surface area contributed by atoms with E-state index in [1.54, 1.807) is 14.1 Å². The molecule has 0 aromatic heterocycles. The number of fused-ring (bicyclic) bond motifs is 1. The Morgan fingerprint density at radius 1 is 1.15 bits per heavy atom. The molecule has 2 aromatic rings. The van der Waals surface area contributed by atoms with E-state index in [-0.39, 0.29) is 17.5 Å². The number of rotatable bonds is 9. The van der Waals surface area contributed by atoms with Crippen LogP contribution in [0, 0.1) is 0 Å². The second kappa shape index (κ2) is 13.9. The van der Waals surface area contributed by atoms with Crippen molar-refractivity contribution in [1.29, 1.82) is 0 Å². The molecule has 0 saturated carbocycles. The number of anilines is 1. The lowest BCUT2D eigenvalue weighted by Crippen LogP contribution is -2.48. The van der Waals surface area contributed by atoms with Crippen molar-refractivity contribution in [2.24, 2.45) is 5.73 Å². The second-order valence-corrected chi connectivity index (χ2v) is 11.5. The first-order chi connectivity index (χ1) is 19.7. The van der Waals surface area contributed by atoms with Crippen molar-refractivity contribution in [3.8, 4) is 0 Å². The topological polar surface area (TPSA) is 135 Å². The van der Waals surface area contributed by atoms with Crippen LogP contribution in [0.2, 0.25) is 0 Å². The summed E-state index contributed by atoms with van der Waals surface area (Å²) in [7, 11) is 3.25. The second-order valence-electron chi connectivity index (χ2n) is 9.93. The van der Waals surface area contributed by atoms with Crippen LogP contribution in [0.25, 0.3) is 10.8 Å². The molecule has 0 radical (unpaired) electrons. The van der Waals surface area contributed by atoms with E-state index in [1.165, 1.54) is 34.5 Å². The predicted octanol–water partition coefficient (Wildman–Crippen LogP) is 1.64. The summed E-state index contributed by atoms with van der Waals surface area (Å²) in [6.07, 6.45) is 2.47. The lowest BCUT2D eigenvalue weighted by atomic mass is 10.1. The van der Waals surface area contributed by atoms with Crippen molar-refractivity contribution in [3.63, 3.8) is 0 Å². The molecular formula is C28H38N8O3S2. The standard InChI is InChI=1S/C28H38N8O3S2/c1-4-36-26(39)22(41-27(36)23(29)25(38)33-34(3)28(40)30-2)17-32-21-10-9-18-15-20(8-7-19(18)16-21)24(37)31-11-14-35-12-5-6-13-35/h7-10,15-16,22,32H,4-6,11-14,17,29H2,1-3H3,(H,30,40)(H,31,37)(H,33,38)/b27-23+/t22-/m1/s1. The van der Waals surface area contributed by atoms with Gasteiger partial charge < -0.3 is 31.5 Å². The molecule has 11 nitrogen and oxygen atoms in total. The Balaban J connectivity index is 1.36. The first kappa shape index (κ1) is 30.4. The Morgan fingerprint density at radius 2 is 1.85 bits per heavy atom. The fraction of sp³-hybridized carbons (Fsp3) is 0.429. The largest absolute Gasteiger partial charge is 0.392 e. The van der Waals surface area contributed by atoms with Gasteiger partial charge in [0.25, 0.3) is 11.8 Å². The van der Waals surface area contributed by atoms with Crippen LogP contribution in [0.4, 0.5) is 5.69 Å². The van der Waals surface area contributed by atoms with Crippen molar-refractivity contribution < 1.29 is 14.4 Å². The van der Waals surface area contributed by atoms with Gasteiger partial charge in [-0.15, -0.1) is 0 Å². The molecule has 2 fully saturated rings. The summed E-state index contributed by atoms with van der Waals surface area (Å²) in [6, 6.07) is 11.5. The summed E-state index contributed by atoms with van der Waals surface area (Å²) in [5.41, 5.74) is 10.2. The lowest BCUT2D eigenvalue weighted by Gasteiger charge is -2.21. The first-order valence-corrected chi connectivity index (χ1v) is 15.0. The van der Waals surface area contributed by atoms with Gasteiger partial charge in [-0.05, 0) is 80.1 Å². The van der Waals surface area contributed by atoms with E-state index < -0.39 is 11.2 Å². The number of thiocarbonyl (C=S) groups is 1. The molecule has 2 heterocycles. The number of nitrogens with zero attached hydrogens (tertiary/aromatic N) is 3. The number of amides is 3. The number of hydrogen-bond acceptors (Lipinski definition) is 8. The van der Waals surface area contributed by atoms with Crippen LogP contribution < -0.4 is 27.1 Å². The Kier molecular flexibility index (Phi) is 10.3. The fourth-order valence-electron chi connectivity index (χ4n) is 4.83. The van der Waals surface area contributed by atoms with Gasteiger partial charge >= 0.3 is 0 Å². The highest BCUT2D eigenvalue weighted by molar-refractivity contribution is 8.04. The highest BCUT2D eigenvalue weighted by atomic mass is 32.2. The summed E-state index contributed by atoms with van der Waals surface area (Å²) in [6.45, 7) is 6.33. The Bertz CT molecular complexity index is 1340. The van der Waals surface area contributed by atoms with Crippen LogP contribution >= 0.6 is 24.0 Å². The van der Waals surface area contributed by atoms with E-state index >= 15 is 0 Å². The Hall–Kier alpha value is -3.55. The molecular weight excluding hydrogens is 560 g/mol. The molecule has 4 rings (SSSR count). The number of hydrogen-bond donors (Lipinski definition) is 5. The molecule has 3 amide bonds. The van der Waals surface area contributed by atoms with Crippen LogP contribution in [0.3, 0.4) is 0 Å². The van der Waals surface area contributed by atoms with Crippen LogP contribution in [-0.2, 0) is 9.59 Å². The van der Waals surface area contributed by atoms with E-state index in [0.717, 1.165) is 36.1 Å². The highest BCUT2D eigenvalue weighted by Gasteiger charge is 2.38. The average molecular weight is 599 g/mol. The molecule has 2 aliphatic heterocycles. The minimum Gasteiger partial charge on any atom is -0.392 e. The van der Waals surface area contributed by atoms with Crippen molar-refractivity contribution in [2.45, 2.75) is 25.0 Å². The monoisotopic (exact) mass is 598 g/mol. The number of benzene rings is 2. The maximum atomic E-state index is 13.1. The number of hydrazine groups is 1. The summed E-state index contributed by atoms with van der Waals surface area (Å²) in [5.74, 6) is -0.726. The van der Waals surface area contributed by atoms with Crippen molar-refractivity contribution in [3.05, 3.63) is 52.7 Å². The van der Waals surface area contributed by atoms with Gasteiger partial charge in [0.05, 0.1) is 0 Å². The molecule has 13 heteroatoms. The quantitative estimate of drug-likeness (QED) is 0.165. The summed E-state index contributed by atoms with van der Waals surface area (Å²) in [5, 5.41) is 12.7. The Labute approximate surface area is 250 Å². The van der Waals surface area contributed by atoms with Crippen LogP contribution in [0.15, 0.2) is 47.1 Å². The maximum Gasteiger partial charge on any atom is 0.288 e. The normalized spacial score (nSPS) is 18.4. The molecule has 41 heavy (non-hydrogen) atoms. The summed E-state index contributed by atoms with van der Waals surface area (Å²) >= 11 is 6.37. The van der Waals surface area contributed by atoms with Gasteiger partial charge in [-0.3, -0.25) is 24.8 Å². The third-order valence-corrected chi connectivity index (χ3v) is 8.92. The minimum absolute atomic E-state index is 0.0416. The molecule has 2 aromatic carbocycles. The molecule has 0 bridgehead atoms. The van der Waals surface area contributed by atoms with Gasteiger partial charge in [-0.25, -0.2) is 0 Å². The number of carbonyl (C=O) groups is 3. The molecule has 220 valence electrons. The number of carbonyl (C=O) groups excluding carboxylic acids is 3. The molecule has 0 unspecified atom stereocenters. The van der Waals surface area contributed by atoms with E-state index in [9.17, 15) is 14.4 Å². The highest BCUT2D eigenvalue weighted by Crippen LogP contribution is 2.36. The average Bonchev–Trinajstić information content (AvgIpc) is 3.61. The summed E-state index contributed by atoms with van der Waals surface area (Å²) in [4.78, 5) is 42.3. The maximum absolute atomic E-state index is 13.1. The number of thioether (sulfide) groups is 1. The lowest BCUT2D eigenvalue weighted by molar-refractivity contribution is -0.127. The van der Waals surface area contributed by atoms with Gasteiger partial charge in [-0.2, -0.15) is 0 Å². The van der Waals surface area contributed by atoms with Gasteiger partial charge in [0, 0.05) is 51.5 Å². The van der Waals surface area contributed by atoms with Gasteiger partial charge in [0.15, 0.2) is 5.11 Å². The third-order valence-electron chi connectivity index (χ3n) is 7.13. The molecule has 6 N–H and O–H groups in total. The third kappa shape index (κ3) is 7.40. The Morgan fingerprint density at radius 3 is 2.56 bits per heavy atom. The van der Waals surface area contributed by atoms with Crippen molar-refractivity contribution >= 4 is 63.3 Å².